The van der Waals surface area contributed by atoms with Crippen LogP contribution in [0, 0.1) is 18.2 Å². The fourth-order valence-corrected chi connectivity index (χ4v) is 2.88. The number of carbonyl (C=O) groups excluding carboxylic acids is 1. The minimum Gasteiger partial charge on any atom is -0.469 e. The molecule has 0 saturated heterocycles. The molecule has 3 nitrogen and oxygen atoms in total. The Morgan fingerprint density at radius 3 is 2.47 bits per heavy atom. The Kier molecular flexibility index (Phi) is 3.63. The number of aryl methyl sites for hydroxylation is 1. The first-order valence-corrected chi connectivity index (χ1v) is 6.43. The van der Waals surface area contributed by atoms with Crippen molar-refractivity contribution in [3.63, 3.8) is 0 Å². The summed E-state index contributed by atoms with van der Waals surface area (Å²) in [6.07, 6.45) is 1.64. The molecule has 104 valence electrons. The first-order valence-electron chi connectivity index (χ1n) is 6.43. The molecule has 1 aliphatic rings. The second-order valence-corrected chi connectivity index (χ2v) is 5.52. The Morgan fingerprint density at radius 2 is 2.05 bits per heavy atom. The van der Waals surface area contributed by atoms with Crippen LogP contribution in [0.15, 0.2) is 18.2 Å². The van der Waals surface area contributed by atoms with Crippen LogP contribution in [0.2, 0.25) is 0 Å². The van der Waals surface area contributed by atoms with Crippen LogP contribution in [0.1, 0.15) is 30.0 Å². The third-order valence-corrected chi connectivity index (χ3v) is 3.92. The Morgan fingerprint density at radius 1 is 1.42 bits per heavy atom. The number of rotatable bonds is 4. The number of halogens is 1. The van der Waals surface area contributed by atoms with Gasteiger partial charge in [0.25, 0.3) is 0 Å². The molecule has 0 aromatic heterocycles. The van der Waals surface area contributed by atoms with Crippen molar-refractivity contribution in [3.8, 4) is 0 Å². The lowest BCUT2D eigenvalue weighted by molar-refractivity contribution is -0.150. The van der Waals surface area contributed by atoms with Gasteiger partial charge in [-0.2, -0.15) is 0 Å². The smallest absolute Gasteiger partial charge is 0.313 e. The zero-order valence-corrected chi connectivity index (χ0v) is 11.9. The predicted octanol–water partition coefficient (Wildman–Crippen LogP) is 2.69. The summed E-state index contributed by atoms with van der Waals surface area (Å²) in [6.45, 7) is 1.74. The highest BCUT2D eigenvalue weighted by Crippen LogP contribution is 2.57. The number of hydrogen-bond acceptors (Lipinski definition) is 3. The minimum atomic E-state index is -0.470. The normalized spacial score (nSPS) is 18.2. The lowest BCUT2D eigenvalue weighted by Gasteiger charge is -2.31. The molecule has 0 heterocycles. The monoisotopic (exact) mass is 265 g/mol. The van der Waals surface area contributed by atoms with Crippen molar-refractivity contribution < 1.29 is 13.9 Å². The van der Waals surface area contributed by atoms with Crippen molar-refractivity contribution in [2.24, 2.45) is 5.41 Å². The number of nitrogens with zero attached hydrogens (tertiary/aromatic N) is 1. The summed E-state index contributed by atoms with van der Waals surface area (Å²) in [5.41, 5.74) is 1.10. The SMILES string of the molecule is COC(=O)C1(C(c2ccc(F)c(C)c2)N(C)C)CC1. The van der Waals surface area contributed by atoms with E-state index in [1.807, 2.05) is 25.1 Å². The maximum absolute atomic E-state index is 13.4. The average Bonchev–Trinajstić information content (AvgIpc) is 3.14. The highest BCUT2D eigenvalue weighted by atomic mass is 19.1. The van der Waals surface area contributed by atoms with Crippen molar-refractivity contribution in [2.45, 2.75) is 25.8 Å². The van der Waals surface area contributed by atoms with Gasteiger partial charge in [-0.15, -0.1) is 0 Å². The van der Waals surface area contributed by atoms with Gasteiger partial charge >= 0.3 is 5.97 Å². The molecule has 1 atom stereocenters. The topological polar surface area (TPSA) is 29.5 Å². The van der Waals surface area contributed by atoms with Crippen LogP contribution < -0.4 is 0 Å². The number of benzene rings is 1. The Balaban J connectivity index is 2.41. The van der Waals surface area contributed by atoms with E-state index >= 15 is 0 Å². The molecule has 1 aromatic rings. The van der Waals surface area contributed by atoms with Crippen LogP contribution in [0.3, 0.4) is 0 Å². The third-order valence-electron chi connectivity index (χ3n) is 3.92. The molecule has 0 bridgehead atoms. The molecule has 0 spiro atoms. The Bertz CT molecular complexity index is 495. The number of ether oxygens (including phenoxy) is 1. The van der Waals surface area contributed by atoms with E-state index < -0.39 is 5.41 Å². The van der Waals surface area contributed by atoms with Crippen LogP contribution in [-0.4, -0.2) is 32.1 Å². The van der Waals surface area contributed by atoms with Crippen LogP contribution in [0.5, 0.6) is 0 Å². The van der Waals surface area contributed by atoms with Gasteiger partial charge in [0.15, 0.2) is 0 Å². The maximum atomic E-state index is 13.4. The Labute approximate surface area is 113 Å². The first kappa shape index (κ1) is 14.0. The van der Waals surface area contributed by atoms with Gasteiger partial charge in [-0.1, -0.05) is 12.1 Å². The summed E-state index contributed by atoms with van der Waals surface area (Å²) in [5, 5.41) is 0. The van der Waals surface area contributed by atoms with Crippen molar-refractivity contribution in [1.82, 2.24) is 4.90 Å². The highest BCUT2D eigenvalue weighted by Gasteiger charge is 2.58. The standard InChI is InChI=1S/C15H20FNO2/c1-10-9-11(5-6-12(10)16)13(17(2)3)15(7-8-15)14(18)19-4/h5-6,9,13H,7-8H2,1-4H3. The van der Waals surface area contributed by atoms with E-state index in [4.69, 9.17) is 4.74 Å². The largest absolute Gasteiger partial charge is 0.469 e. The Hall–Kier alpha value is -1.42. The molecule has 1 aromatic carbocycles. The zero-order chi connectivity index (χ0) is 14.2. The molecular weight excluding hydrogens is 245 g/mol. The van der Waals surface area contributed by atoms with Gasteiger partial charge in [0.1, 0.15) is 5.82 Å². The van der Waals surface area contributed by atoms with Gasteiger partial charge in [0.2, 0.25) is 0 Å². The van der Waals surface area contributed by atoms with E-state index in [0.29, 0.717) is 5.56 Å². The van der Waals surface area contributed by atoms with Gasteiger partial charge in [0.05, 0.1) is 18.6 Å². The van der Waals surface area contributed by atoms with Crippen molar-refractivity contribution in [1.29, 1.82) is 0 Å². The van der Waals surface area contributed by atoms with E-state index in [0.717, 1.165) is 18.4 Å². The highest BCUT2D eigenvalue weighted by molar-refractivity contribution is 5.81. The zero-order valence-electron chi connectivity index (χ0n) is 11.9. The van der Waals surface area contributed by atoms with E-state index in [9.17, 15) is 9.18 Å². The summed E-state index contributed by atoms with van der Waals surface area (Å²) >= 11 is 0. The average molecular weight is 265 g/mol. The fraction of sp³-hybridized carbons (Fsp3) is 0.533. The first-order chi connectivity index (χ1) is 8.92. The molecule has 0 N–H and O–H groups in total. The van der Waals surface area contributed by atoms with Crippen LogP contribution in [-0.2, 0) is 9.53 Å². The molecule has 0 aliphatic heterocycles. The van der Waals surface area contributed by atoms with Gasteiger partial charge in [-0.25, -0.2) is 4.39 Å². The second kappa shape index (κ2) is 4.93. The van der Waals surface area contributed by atoms with Crippen molar-refractivity contribution >= 4 is 5.97 Å². The fourth-order valence-electron chi connectivity index (χ4n) is 2.88. The quantitative estimate of drug-likeness (QED) is 0.784. The van der Waals surface area contributed by atoms with E-state index in [1.54, 1.807) is 13.0 Å². The lowest BCUT2D eigenvalue weighted by atomic mass is 9.88. The molecule has 4 heteroatoms. The molecule has 0 amide bonds. The molecule has 1 aliphatic carbocycles. The van der Waals surface area contributed by atoms with Gasteiger partial charge in [0, 0.05) is 0 Å². The molecule has 19 heavy (non-hydrogen) atoms. The molecule has 1 saturated carbocycles. The van der Waals surface area contributed by atoms with E-state index in [2.05, 4.69) is 0 Å². The molecule has 0 radical (unpaired) electrons. The van der Waals surface area contributed by atoms with Crippen molar-refractivity contribution in [3.05, 3.63) is 35.1 Å². The third kappa shape index (κ3) is 2.37. The summed E-state index contributed by atoms with van der Waals surface area (Å²) in [5.74, 6) is -0.391. The van der Waals surface area contributed by atoms with Gasteiger partial charge < -0.3 is 9.64 Å². The lowest BCUT2D eigenvalue weighted by Crippen LogP contribution is -2.34. The van der Waals surface area contributed by atoms with Gasteiger partial charge in [-0.05, 0) is 51.1 Å². The molecule has 1 fully saturated rings. The van der Waals surface area contributed by atoms with Crippen LogP contribution in [0.25, 0.3) is 0 Å². The maximum Gasteiger partial charge on any atom is 0.313 e. The summed E-state index contributed by atoms with van der Waals surface area (Å²) < 4.78 is 18.3. The molecule has 2 rings (SSSR count). The minimum absolute atomic E-state index is 0.0701. The van der Waals surface area contributed by atoms with Crippen LogP contribution >= 0.6 is 0 Å². The number of hydrogen-bond donors (Lipinski definition) is 0. The summed E-state index contributed by atoms with van der Waals surface area (Å²) in [6, 6.07) is 4.98. The molecule has 1 unspecified atom stereocenters. The predicted molar refractivity (Wildman–Crippen MR) is 71.2 cm³/mol. The van der Waals surface area contributed by atoms with Crippen LogP contribution in [0.4, 0.5) is 4.39 Å². The van der Waals surface area contributed by atoms with Crippen molar-refractivity contribution in [2.75, 3.05) is 21.2 Å². The van der Waals surface area contributed by atoms with Gasteiger partial charge in [-0.3, -0.25) is 4.79 Å². The van der Waals surface area contributed by atoms with E-state index in [1.165, 1.54) is 13.2 Å². The summed E-state index contributed by atoms with van der Waals surface area (Å²) in [7, 11) is 5.30. The summed E-state index contributed by atoms with van der Waals surface area (Å²) in [4.78, 5) is 14.1. The molecular formula is C15H20FNO2. The van der Waals surface area contributed by atoms with E-state index in [-0.39, 0.29) is 17.8 Å². The second-order valence-electron chi connectivity index (χ2n) is 5.52. The number of methoxy groups -OCH3 is 1. The number of esters is 1. The number of carbonyl (C=O) groups is 1.